The summed E-state index contributed by atoms with van der Waals surface area (Å²) in [7, 11) is 0. The van der Waals surface area contributed by atoms with Crippen LogP contribution in [0.1, 0.15) is 52.3 Å². The molecule has 0 unspecified atom stereocenters. The Balaban J connectivity index is 1.42. The molecule has 2 N–H and O–H groups in total. The van der Waals surface area contributed by atoms with Crippen LogP contribution >= 0.6 is 0 Å². The molecule has 0 aromatic carbocycles. The van der Waals surface area contributed by atoms with Gasteiger partial charge in [0.2, 0.25) is 0 Å². The van der Waals surface area contributed by atoms with E-state index in [1.54, 1.807) is 11.1 Å². The molecule has 3 heterocycles. The number of nitrogens with zero attached hydrogens (tertiary/aromatic N) is 5. The van der Waals surface area contributed by atoms with Crippen LogP contribution in [0.2, 0.25) is 0 Å². The number of H-pyrrole nitrogens is 1. The van der Waals surface area contributed by atoms with E-state index in [0.29, 0.717) is 18.4 Å². The average molecular weight is 384 g/mol. The SMILES string of the molecule is CC(C)(C)N(C[C@H]1CC[C@H](Cc2nnc3cnc4[nH]ccc4n23)CC1)C(=O)O. The van der Waals surface area contributed by atoms with Crippen LogP contribution in [0.15, 0.2) is 18.5 Å². The molecule has 0 bridgehead atoms. The minimum atomic E-state index is -0.825. The Hall–Kier alpha value is -2.64. The van der Waals surface area contributed by atoms with Crippen LogP contribution in [-0.2, 0) is 6.42 Å². The molecule has 4 rings (SSSR count). The predicted molar refractivity (Wildman–Crippen MR) is 106 cm³/mol. The highest BCUT2D eigenvalue weighted by Crippen LogP contribution is 2.33. The lowest BCUT2D eigenvalue weighted by Gasteiger charge is -2.38. The topological polar surface area (TPSA) is 99.4 Å². The fraction of sp³-hybridized carbons (Fsp3) is 0.600. The summed E-state index contributed by atoms with van der Waals surface area (Å²) < 4.78 is 2.09. The van der Waals surface area contributed by atoms with E-state index in [2.05, 4.69) is 24.6 Å². The minimum absolute atomic E-state index is 0.362. The number of hydrogen-bond donors (Lipinski definition) is 2. The van der Waals surface area contributed by atoms with Gasteiger partial charge >= 0.3 is 6.09 Å². The first kappa shape index (κ1) is 18.7. The summed E-state index contributed by atoms with van der Waals surface area (Å²) in [5.74, 6) is 1.97. The molecule has 0 radical (unpaired) electrons. The van der Waals surface area contributed by atoms with Crippen molar-refractivity contribution in [3.63, 3.8) is 0 Å². The summed E-state index contributed by atoms with van der Waals surface area (Å²) in [6.45, 7) is 6.49. The van der Waals surface area contributed by atoms with Gasteiger partial charge in [-0.15, -0.1) is 10.2 Å². The van der Waals surface area contributed by atoms with Gasteiger partial charge in [0.25, 0.3) is 0 Å². The smallest absolute Gasteiger partial charge is 0.407 e. The number of carbonyl (C=O) groups is 1. The monoisotopic (exact) mass is 384 g/mol. The highest BCUT2D eigenvalue weighted by molar-refractivity contribution is 5.74. The summed E-state index contributed by atoms with van der Waals surface area (Å²) in [5, 5.41) is 18.2. The largest absolute Gasteiger partial charge is 0.465 e. The zero-order valence-electron chi connectivity index (χ0n) is 16.7. The second kappa shape index (κ2) is 7.07. The van der Waals surface area contributed by atoms with Crippen molar-refractivity contribution < 1.29 is 9.90 Å². The summed E-state index contributed by atoms with van der Waals surface area (Å²) >= 11 is 0. The van der Waals surface area contributed by atoms with E-state index in [-0.39, 0.29) is 5.54 Å². The second-order valence-corrected chi connectivity index (χ2v) is 8.93. The van der Waals surface area contributed by atoms with E-state index < -0.39 is 6.09 Å². The number of rotatable bonds is 4. The Kier molecular flexibility index (Phi) is 4.72. The molecule has 0 aliphatic heterocycles. The van der Waals surface area contributed by atoms with Crippen LogP contribution in [0.5, 0.6) is 0 Å². The third kappa shape index (κ3) is 3.55. The van der Waals surface area contributed by atoms with Gasteiger partial charge in [0.1, 0.15) is 5.82 Å². The molecule has 1 saturated carbocycles. The number of fused-ring (bicyclic) bond motifs is 3. The summed E-state index contributed by atoms with van der Waals surface area (Å²) in [5.41, 5.74) is 2.26. The fourth-order valence-corrected chi connectivity index (χ4v) is 4.34. The molecule has 150 valence electrons. The Morgan fingerprint density at radius 3 is 2.64 bits per heavy atom. The first-order chi connectivity index (χ1) is 13.3. The van der Waals surface area contributed by atoms with Crippen molar-refractivity contribution in [1.29, 1.82) is 0 Å². The van der Waals surface area contributed by atoms with Crippen molar-refractivity contribution in [2.24, 2.45) is 11.8 Å². The molecule has 0 atom stereocenters. The van der Waals surface area contributed by atoms with E-state index in [1.165, 1.54) is 0 Å². The van der Waals surface area contributed by atoms with E-state index in [9.17, 15) is 9.90 Å². The number of amides is 1. The van der Waals surface area contributed by atoms with Gasteiger partial charge in [-0.1, -0.05) is 0 Å². The van der Waals surface area contributed by atoms with Crippen LogP contribution in [-0.4, -0.2) is 52.7 Å². The maximum Gasteiger partial charge on any atom is 0.407 e. The number of nitrogens with one attached hydrogen (secondary N) is 1. The summed E-state index contributed by atoms with van der Waals surface area (Å²) in [6.07, 6.45) is 8.00. The van der Waals surface area contributed by atoms with Crippen LogP contribution in [0.25, 0.3) is 16.8 Å². The van der Waals surface area contributed by atoms with Crippen molar-refractivity contribution in [3.05, 3.63) is 24.3 Å². The molecule has 28 heavy (non-hydrogen) atoms. The minimum Gasteiger partial charge on any atom is -0.465 e. The van der Waals surface area contributed by atoms with Gasteiger partial charge in [-0.2, -0.15) is 0 Å². The van der Waals surface area contributed by atoms with Crippen molar-refractivity contribution in [3.8, 4) is 0 Å². The lowest BCUT2D eigenvalue weighted by Crippen LogP contribution is -2.47. The van der Waals surface area contributed by atoms with Crippen molar-refractivity contribution in [1.82, 2.24) is 29.5 Å². The van der Waals surface area contributed by atoms with E-state index in [1.807, 2.05) is 33.0 Å². The number of hydrogen-bond acceptors (Lipinski definition) is 4. The third-order valence-corrected chi connectivity index (χ3v) is 5.93. The van der Waals surface area contributed by atoms with E-state index >= 15 is 0 Å². The first-order valence-corrected chi connectivity index (χ1v) is 9.99. The molecular formula is C20H28N6O2. The van der Waals surface area contributed by atoms with Crippen LogP contribution in [0, 0.1) is 11.8 Å². The Morgan fingerprint density at radius 2 is 1.96 bits per heavy atom. The lowest BCUT2D eigenvalue weighted by molar-refractivity contribution is 0.0798. The predicted octanol–water partition coefficient (Wildman–Crippen LogP) is 3.73. The molecule has 3 aromatic heterocycles. The highest BCUT2D eigenvalue weighted by Gasteiger charge is 2.31. The van der Waals surface area contributed by atoms with Gasteiger partial charge in [0.05, 0.1) is 11.7 Å². The summed E-state index contributed by atoms with van der Waals surface area (Å²) in [4.78, 5) is 20.7. The van der Waals surface area contributed by atoms with E-state index in [0.717, 1.165) is 54.7 Å². The molecule has 1 fully saturated rings. The normalized spacial score (nSPS) is 20.7. The number of aromatic amines is 1. The van der Waals surface area contributed by atoms with Crippen molar-refractivity contribution >= 4 is 22.9 Å². The maximum absolute atomic E-state index is 11.6. The Morgan fingerprint density at radius 1 is 1.25 bits per heavy atom. The van der Waals surface area contributed by atoms with E-state index in [4.69, 9.17) is 0 Å². The van der Waals surface area contributed by atoms with Gasteiger partial charge in [0.15, 0.2) is 11.3 Å². The quantitative estimate of drug-likeness (QED) is 0.714. The zero-order chi connectivity index (χ0) is 19.9. The van der Waals surface area contributed by atoms with Crippen LogP contribution in [0.4, 0.5) is 4.79 Å². The molecule has 1 aliphatic rings. The molecule has 8 heteroatoms. The second-order valence-electron chi connectivity index (χ2n) is 8.93. The van der Waals surface area contributed by atoms with Crippen LogP contribution < -0.4 is 0 Å². The van der Waals surface area contributed by atoms with Crippen LogP contribution in [0.3, 0.4) is 0 Å². The standard InChI is InChI=1S/C20H28N6O2/c1-20(2,3)25(19(27)28)12-14-6-4-13(5-7-14)10-16-23-24-17-11-22-18-15(26(16)17)8-9-21-18/h8-9,11,13-14,21H,4-7,10,12H2,1-3H3,(H,27,28)/t13-,14-. The van der Waals surface area contributed by atoms with Gasteiger partial charge in [-0.25, -0.2) is 9.78 Å². The highest BCUT2D eigenvalue weighted by atomic mass is 16.4. The first-order valence-electron chi connectivity index (χ1n) is 9.99. The van der Waals surface area contributed by atoms with Gasteiger partial charge in [-0.3, -0.25) is 4.40 Å². The average Bonchev–Trinajstić information content (AvgIpc) is 3.26. The van der Waals surface area contributed by atoms with Crippen molar-refractivity contribution in [2.45, 2.75) is 58.4 Å². The molecule has 3 aromatic rings. The number of aromatic nitrogens is 5. The van der Waals surface area contributed by atoms with Gasteiger partial charge in [0, 0.05) is 24.7 Å². The molecule has 0 saturated heterocycles. The molecule has 1 amide bonds. The van der Waals surface area contributed by atoms with Gasteiger partial charge < -0.3 is 15.0 Å². The Labute approximate surface area is 164 Å². The maximum atomic E-state index is 11.6. The zero-order valence-corrected chi connectivity index (χ0v) is 16.7. The third-order valence-electron chi connectivity index (χ3n) is 5.93. The lowest BCUT2D eigenvalue weighted by atomic mass is 9.80. The number of carboxylic acid groups (broad SMARTS) is 1. The molecule has 8 nitrogen and oxygen atoms in total. The Bertz CT molecular complexity index is 978. The summed E-state index contributed by atoms with van der Waals surface area (Å²) in [6, 6.07) is 2.01. The molecule has 0 spiro atoms. The molecule has 1 aliphatic carbocycles. The fourth-order valence-electron chi connectivity index (χ4n) is 4.34. The van der Waals surface area contributed by atoms with Crippen molar-refractivity contribution in [2.75, 3.05) is 6.54 Å². The molecular weight excluding hydrogens is 356 g/mol. The van der Waals surface area contributed by atoms with Gasteiger partial charge in [-0.05, 0) is 64.4 Å².